The van der Waals surface area contributed by atoms with Crippen LogP contribution in [0.15, 0.2) is 37.0 Å². The topological polar surface area (TPSA) is 26.3 Å². The van der Waals surface area contributed by atoms with Crippen molar-refractivity contribution in [3.8, 4) is 0 Å². The van der Waals surface area contributed by atoms with Gasteiger partial charge in [0.15, 0.2) is 0 Å². The highest BCUT2D eigenvalue weighted by Gasteiger charge is 2.06. The fourth-order valence-corrected chi connectivity index (χ4v) is 0.966. The van der Waals surface area contributed by atoms with Crippen LogP contribution in [0.5, 0.6) is 0 Å². The molecular weight excluding hydrogens is 176 g/mol. The van der Waals surface area contributed by atoms with Crippen LogP contribution in [0.25, 0.3) is 0 Å². The molecule has 0 aromatic rings. The summed E-state index contributed by atoms with van der Waals surface area (Å²) in [6, 6.07) is 0. The molecule has 0 radical (unpaired) electrons. The monoisotopic (exact) mass is 194 g/mol. The van der Waals surface area contributed by atoms with Crippen LogP contribution in [0.3, 0.4) is 0 Å². The van der Waals surface area contributed by atoms with Gasteiger partial charge in [0.1, 0.15) is 0 Å². The van der Waals surface area contributed by atoms with Crippen LogP contribution in [0, 0.1) is 0 Å². The van der Waals surface area contributed by atoms with Crippen LogP contribution < -0.4 is 0 Å². The Morgan fingerprint density at radius 2 is 2.00 bits per heavy atom. The number of carbonyl (C=O) groups excluding carboxylic acids is 1. The molecule has 0 heterocycles. The number of ether oxygens (including phenoxy) is 1. The molecule has 0 unspecified atom stereocenters. The van der Waals surface area contributed by atoms with Crippen molar-refractivity contribution in [2.24, 2.45) is 0 Å². The molecule has 0 aliphatic carbocycles. The van der Waals surface area contributed by atoms with Crippen LogP contribution in [-0.4, -0.2) is 12.6 Å². The molecule has 0 saturated heterocycles. The van der Waals surface area contributed by atoms with Crippen molar-refractivity contribution < 1.29 is 9.53 Å². The Balaban J connectivity index is 3.68. The first-order valence-electron chi connectivity index (χ1n) is 4.77. The SMILES string of the molecule is C=CC(=C)CCCC(=C)C(=O)OCC. The number of hydrogen-bond donors (Lipinski definition) is 0. The molecule has 0 N–H and O–H groups in total. The van der Waals surface area contributed by atoms with Gasteiger partial charge in [-0.3, -0.25) is 0 Å². The van der Waals surface area contributed by atoms with Gasteiger partial charge in [0.25, 0.3) is 0 Å². The lowest BCUT2D eigenvalue weighted by molar-refractivity contribution is -0.138. The fourth-order valence-electron chi connectivity index (χ4n) is 0.966. The van der Waals surface area contributed by atoms with Gasteiger partial charge < -0.3 is 4.74 Å². The van der Waals surface area contributed by atoms with E-state index in [1.54, 1.807) is 13.0 Å². The second-order valence-corrected chi connectivity index (χ2v) is 3.04. The molecule has 0 aromatic carbocycles. The third-order valence-corrected chi connectivity index (χ3v) is 1.83. The molecule has 2 heteroatoms. The summed E-state index contributed by atoms with van der Waals surface area (Å²) < 4.78 is 4.81. The lowest BCUT2D eigenvalue weighted by Gasteiger charge is -2.04. The third-order valence-electron chi connectivity index (χ3n) is 1.83. The average Bonchev–Trinajstić information content (AvgIpc) is 2.17. The molecule has 0 amide bonds. The molecule has 0 bridgehead atoms. The van der Waals surface area contributed by atoms with Gasteiger partial charge in [-0.2, -0.15) is 0 Å². The molecule has 0 rings (SSSR count). The minimum atomic E-state index is -0.295. The Morgan fingerprint density at radius 3 is 2.50 bits per heavy atom. The summed E-state index contributed by atoms with van der Waals surface area (Å²) in [7, 11) is 0. The minimum Gasteiger partial charge on any atom is -0.463 e. The predicted molar refractivity (Wildman–Crippen MR) is 59.0 cm³/mol. The van der Waals surface area contributed by atoms with Crippen molar-refractivity contribution in [2.45, 2.75) is 26.2 Å². The highest BCUT2D eigenvalue weighted by molar-refractivity contribution is 5.87. The summed E-state index contributed by atoms with van der Waals surface area (Å²) >= 11 is 0. The highest BCUT2D eigenvalue weighted by Crippen LogP contribution is 2.11. The lowest BCUT2D eigenvalue weighted by Crippen LogP contribution is -2.06. The Morgan fingerprint density at radius 1 is 1.36 bits per heavy atom. The Labute approximate surface area is 86.0 Å². The van der Waals surface area contributed by atoms with Gasteiger partial charge in [-0.15, -0.1) is 0 Å². The first kappa shape index (κ1) is 12.7. The van der Waals surface area contributed by atoms with E-state index in [0.29, 0.717) is 18.6 Å². The number of hydrogen-bond acceptors (Lipinski definition) is 2. The van der Waals surface area contributed by atoms with E-state index in [1.807, 2.05) is 0 Å². The fraction of sp³-hybridized carbons (Fsp3) is 0.417. The summed E-state index contributed by atoms with van der Waals surface area (Å²) in [5.41, 5.74) is 1.52. The first-order valence-corrected chi connectivity index (χ1v) is 4.77. The molecule has 0 saturated carbocycles. The van der Waals surface area contributed by atoms with Gasteiger partial charge in [0, 0.05) is 5.57 Å². The minimum absolute atomic E-state index is 0.295. The van der Waals surface area contributed by atoms with E-state index >= 15 is 0 Å². The summed E-state index contributed by atoms with van der Waals surface area (Å²) in [6.07, 6.45) is 4.10. The maximum Gasteiger partial charge on any atom is 0.333 e. The lowest BCUT2D eigenvalue weighted by atomic mass is 10.1. The van der Waals surface area contributed by atoms with Gasteiger partial charge >= 0.3 is 5.97 Å². The molecule has 2 nitrogen and oxygen atoms in total. The highest BCUT2D eigenvalue weighted by atomic mass is 16.5. The molecule has 0 aromatic heterocycles. The summed E-state index contributed by atoms with van der Waals surface area (Å²) in [6.45, 7) is 13.2. The molecule has 0 spiro atoms. The molecule has 78 valence electrons. The van der Waals surface area contributed by atoms with E-state index in [-0.39, 0.29) is 5.97 Å². The second kappa shape index (κ2) is 7.13. The van der Waals surface area contributed by atoms with Crippen molar-refractivity contribution in [1.82, 2.24) is 0 Å². The summed E-state index contributed by atoms with van der Waals surface area (Å²) in [4.78, 5) is 11.1. The molecule has 0 aliphatic rings. The molecule has 0 aliphatic heterocycles. The first-order chi connectivity index (χ1) is 6.61. The third kappa shape index (κ3) is 5.36. The zero-order valence-corrected chi connectivity index (χ0v) is 8.84. The van der Waals surface area contributed by atoms with Crippen molar-refractivity contribution in [2.75, 3.05) is 6.61 Å². The average molecular weight is 194 g/mol. The molecular formula is C12H18O2. The quantitative estimate of drug-likeness (QED) is 0.354. The van der Waals surface area contributed by atoms with Gasteiger partial charge in [0.05, 0.1) is 6.61 Å². The van der Waals surface area contributed by atoms with E-state index < -0.39 is 0 Å². The van der Waals surface area contributed by atoms with Crippen molar-refractivity contribution in [3.05, 3.63) is 37.0 Å². The number of allylic oxidation sites excluding steroid dienone is 2. The predicted octanol–water partition coefficient (Wildman–Crippen LogP) is 3.02. The number of esters is 1. The van der Waals surface area contributed by atoms with Gasteiger partial charge in [0.2, 0.25) is 0 Å². The van der Waals surface area contributed by atoms with Crippen molar-refractivity contribution in [3.63, 3.8) is 0 Å². The van der Waals surface area contributed by atoms with E-state index in [9.17, 15) is 4.79 Å². The molecule has 0 fully saturated rings. The number of carbonyl (C=O) groups is 1. The number of rotatable bonds is 7. The van der Waals surface area contributed by atoms with Crippen LogP contribution in [0.4, 0.5) is 0 Å². The Hall–Kier alpha value is -1.31. The normalized spacial score (nSPS) is 9.21. The van der Waals surface area contributed by atoms with Crippen LogP contribution in [-0.2, 0) is 9.53 Å². The standard InChI is InChI=1S/C12H18O2/c1-5-10(3)8-7-9-11(4)12(13)14-6-2/h5H,1,3-4,6-9H2,2H3. The van der Waals surface area contributed by atoms with Gasteiger partial charge in [-0.05, 0) is 26.2 Å². The second-order valence-electron chi connectivity index (χ2n) is 3.04. The zero-order valence-electron chi connectivity index (χ0n) is 8.84. The zero-order chi connectivity index (χ0) is 11.0. The van der Waals surface area contributed by atoms with Crippen LogP contribution >= 0.6 is 0 Å². The Kier molecular flexibility index (Phi) is 6.46. The Bertz CT molecular complexity index is 239. The molecule has 14 heavy (non-hydrogen) atoms. The van der Waals surface area contributed by atoms with Crippen LogP contribution in [0.2, 0.25) is 0 Å². The smallest absolute Gasteiger partial charge is 0.333 e. The largest absolute Gasteiger partial charge is 0.463 e. The maximum absolute atomic E-state index is 11.1. The van der Waals surface area contributed by atoms with Crippen LogP contribution in [0.1, 0.15) is 26.2 Å². The van der Waals surface area contributed by atoms with E-state index in [4.69, 9.17) is 4.74 Å². The van der Waals surface area contributed by atoms with E-state index in [2.05, 4.69) is 19.7 Å². The maximum atomic E-state index is 11.1. The van der Waals surface area contributed by atoms with Crippen molar-refractivity contribution >= 4 is 5.97 Å². The summed E-state index contributed by atoms with van der Waals surface area (Å²) in [5, 5.41) is 0. The molecule has 0 atom stereocenters. The van der Waals surface area contributed by atoms with E-state index in [1.165, 1.54) is 0 Å². The van der Waals surface area contributed by atoms with E-state index in [0.717, 1.165) is 18.4 Å². The van der Waals surface area contributed by atoms with Gasteiger partial charge in [-0.1, -0.05) is 31.4 Å². The van der Waals surface area contributed by atoms with Gasteiger partial charge in [-0.25, -0.2) is 4.79 Å². The summed E-state index contributed by atoms with van der Waals surface area (Å²) in [5.74, 6) is -0.295. The van der Waals surface area contributed by atoms with Crippen molar-refractivity contribution in [1.29, 1.82) is 0 Å².